The maximum absolute atomic E-state index is 11.6. The highest BCUT2D eigenvalue weighted by atomic mass is 16.5. The van der Waals surface area contributed by atoms with Gasteiger partial charge in [0.1, 0.15) is 5.75 Å². The molecule has 0 amide bonds. The zero-order chi connectivity index (χ0) is 28.6. The standard InChI is InChI=1S/C35H41NO5/c37-34(38)14-5-6-20-36(32-12-7-11-29-23-30(35(39)40)17-18-31(29)32)21-19-27-9-3-4-13-33(27)41-24-25-15-16-26-8-1-2-10-28(26)22-25/h1-4,8-10,13,17-18,23,25,32H,5-7,11-12,14-16,19-22,24H2,(H,37,38)(H,39,40)/t25-,32?/m0/s1. The number of benzene rings is 3. The summed E-state index contributed by atoms with van der Waals surface area (Å²) in [4.78, 5) is 25.1. The molecule has 2 atom stereocenters. The normalized spacial score (nSPS) is 18.0. The quantitative estimate of drug-likeness (QED) is 0.227. The van der Waals surface area contributed by atoms with Crippen LogP contribution in [0.1, 0.15) is 82.7 Å². The molecule has 6 nitrogen and oxygen atoms in total. The van der Waals surface area contributed by atoms with E-state index in [2.05, 4.69) is 47.4 Å². The molecule has 0 saturated heterocycles. The van der Waals surface area contributed by atoms with Crippen LogP contribution in [-0.2, 0) is 30.5 Å². The van der Waals surface area contributed by atoms with Gasteiger partial charge in [0, 0.05) is 19.0 Å². The van der Waals surface area contributed by atoms with Gasteiger partial charge in [0.2, 0.25) is 0 Å². The second-order valence-electron chi connectivity index (χ2n) is 11.6. The number of para-hydroxylation sites is 1. The molecule has 2 aliphatic rings. The predicted octanol–water partition coefficient (Wildman–Crippen LogP) is 6.75. The summed E-state index contributed by atoms with van der Waals surface area (Å²) in [6, 6.07) is 22.8. The number of unbranched alkanes of at least 4 members (excludes halogenated alkanes) is 1. The molecule has 6 heteroatoms. The topological polar surface area (TPSA) is 87.1 Å². The van der Waals surface area contributed by atoms with Crippen molar-refractivity contribution in [3.8, 4) is 5.75 Å². The molecular weight excluding hydrogens is 514 g/mol. The average molecular weight is 556 g/mol. The van der Waals surface area contributed by atoms with Gasteiger partial charge in [-0.1, -0.05) is 48.5 Å². The molecule has 0 spiro atoms. The van der Waals surface area contributed by atoms with Crippen LogP contribution < -0.4 is 4.74 Å². The second kappa shape index (κ2) is 13.8. The van der Waals surface area contributed by atoms with Crippen LogP contribution in [0.15, 0.2) is 66.7 Å². The van der Waals surface area contributed by atoms with Crippen molar-refractivity contribution >= 4 is 11.9 Å². The third-order valence-electron chi connectivity index (χ3n) is 8.76. The van der Waals surface area contributed by atoms with Crippen LogP contribution in [0.2, 0.25) is 0 Å². The van der Waals surface area contributed by atoms with Crippen LogP contribution in [0.4, 0.5) is 0 Å². The molecule has 2 N–H and O–H groups in total. The first-order valence-electron chi connectivity index (χ1n) is 15.1. The first kappa shape index (κ1) is 28.9. The highest BCUT2D eigenvalue weighted by Crippen LogP contribution is 2.36. The van der Waals surface area contributed by atoms with Crippen molar-refractivity contribution in [1.29, 1.82) is 0 Å². The van der Waals surface area contributed by atoms with Crippen molar-refractivity contribution in [2.24, 2.45) is 5.92 Å². The molecule has 0 aliphatic heterocycles. The van der Waals surface area contributed by atoms with Gasteiger partial charge in [0.05, 0.1) is 12.2 Å². The van der Waals surface area contributed by atoms with Crippen LogP contribution in [0.25, 0.3) is 0 Å². The summed E-state index contributed by atoms with van der Waals surface area (Å²) in [7, 11) is 0. The Bertz CT molecular complexity index is 1350. The molecular formula is C35H41NO5. The molecule has 3 aromatic rings. The number of aromatic carboxylic acids is 1. The zero-order valence-electron chi connectivity index (χ0n) is 23.8. The minimum Gasteiger partial charge on any atom is -0.493 e. The Morgan fingerprint density at radius 1 is 0.854 bits per heavy atom. The predicted molar refractivity (Wildman–Crippen MR) is 160 cm³/mol. The Labute approximate surface area is 243 Å². The number of hydrogen-bond donors (Lipinski definition) is 2. The number of carbonyl (C=O) groups is 2. The van der Waals surface area contributed by atoms with Gasteiger partial charge in [0.15, 0.2) is 0 Å². The SMILES string of the molecule is O=C(O)CCCCN(CCc1ccccc1OC[C@H]1CCc2ccccc2C1)C1CCCc2cc(C(=O)O)ccc21. The lowest BCUT2D eigenvalue weighted by molar-refractivity contribution is -0.137. The van der Waals surface area contributed by atoms with Crippen LogP contribution in [0.3, 0.4) is 0 Å². The number of hydrogen-bond acceptors (Lipinski definition) is 4. The number of rotatable bonds is 13. The summed E-state index contributed by atoms with van der Waals surface area (Å²) >= 11 is 0. The molecule has 2 aliphatic carbocycles. The summed E-state index contributed by atoms with van der Waals surface area (Å²) in [5.74, 6) is -0.187. The Morgan fingerprint density at radius 3 is 2.49 bits per heavy atom. The molecule has 0 aromatic heterocycles. The number of aliphatic carboxylic acids is 1. The van der Waals surface area contributed by atoms with Crippen LogP contribution in [0, 0.1) is 5.92 Å². The summed E-state index contributed by atoms with van der Waals surface area (Å²) in [6.45, 7) is 2.35. The number of carboxylic acids is 2. The van der Waals surface area contributed by atoms with Crippen molar-refractivity contribution < 1.29 is 24.5 Å². The van der Waals surface area contributed by atoms with E-state index in [0.717, 1.165) is 75.8 Å². The number of ether oxygens (including phenoxy) is 1. The Hall–Kier alpha value is -3.64. The minimum atomic E-state index is -0.894. The number of carboxylic acid groups (broad SMARTS) is 2. The van der Waals surface area contributed by atoms with Gasteiger partial charge in [-0.25, -0.2) is 4.79 Å². The average Bonchev–Trinajstić information content (AvgIpc) is 2.99. The van der Waals surface area contributed by atoms with Crippen molar-refractivity contribution in [3.63, 3.8) is 0 Å². The van der Waals surface area contributed by atoms with E-state index in [4.69, 9.17) is 9.84 Å². The highest BCUT2D eigenvalue weighted by molar-refractivity contribution is 5.88. The van der Waals surface area contributed by atoms with E-state index in [1.807, 2.05) is 18.2 Å². The summed E-state index contributed by atoms with van der Waals surface area (Å²) in [6.07, 6.45) is 8.71. The van der Waals surface area contributed by atoms with Gasteiger partial charge in [-0.3, -0.25) is 9.69 Å². The smallest absolute Gasteiger partial charge is 0.335 e. The molecule has 0 fully saturated rings. The van der Waals surface area contributed by atoms with Crippen molar-refractivity contribution in [2.45, 2.75) is 70.3 Å². The summed E-state index contributed by atoms with van der Waals surface area (Å²) in [5, 5.41) is 18.6. The monoisotopic (exact) mass is 555 g/mol. The molecule has 0 radical (unpaired) electrons. The van der Waals surface area contributed by atoms with E-state index in [1.54, 1.807) is 6.07 Å². The lowest BCUT2D eigenvalue weighted by atomic mass is 9.84. The van der Waals surface area contributed by atoms with Crippen LogP contribution in [-0.4, -0.2) is 46.7 Å². The second-order valence-corrected chi connectivity index (χ2v) is 11.6. The lowest BCUT2D eigenvalue weighted by Gasteiger charge is -2.36. The molecule has 0 saturated carbocycles. The maximum atomic E-state index is 11.6. The van der Waals surface area contributed by atoms with Gasteiger partial charge in [-0.15, -0.1) is 0 Å². The van der Waals surface area contributed by atoms with Gasteiger partial charge in [0.25, 0.3) is 0 Å². The molecule has 0 heterocycles. The van der Waals surface area contributed by atoms with E-state index in [1.165, 1.54) is 22.3 Å². The molecule has 1 unspecified atom stereocenters. The molecule has 3 aromatic carbocycles. The third-order valence-corrected chi connectivity index (χ3v) is 8.76. The van der Waals surface area contributed by atoms with Crippen molar-refractivity contribution in [3.05, 3.63) is 100 Å². The summed E-state index contributed by atoms with van der Waals surface area (Å²) < 4.78 is 6.45. The maximum Gasteiger partial charge on any atom is 0.335 e. The highest BCUT2D eigenvalue weighted by Gasteiger charge is 2.27. The van der Waals surface area contributed by atoms with E-state index in [-0.39, 0.29) is 12.5 Å². The van der Waals surface area contributed by atoms with Crippen LogP contribution >= 0.6 is 0 Å². The van der Waals surface area contributed by atoms with Gasteiger partial charge in [-0.2, -0.15) is 0 Å². The van der Waals surface area contributed by atoms with Crippen molar-refractivity contribution in [1.82, 2.24) is 4.90 Å². The largest absolute Gasteiger partial charge is 0.493 e. The Balaban J connectivity index is 1.27. The Kier molecular flexibility index (Phi) is 9.73. The summed E-state index contributed by atoms with van der Waals surface area (Å²) in [5.41, 5.74) is 6.77. The number of nitrogens with zero attached hydrogens (tertiary/aromatic N) is 1. The number of fused-ring (bicyclic) bond motifs is 2. The molecule has 5 rings (SSSR count). The molecule has 216 valence electrons. The number of aryl methyl sites for hydroxylation is 2. The van der Waals surface area contributed by atoms with Gasteiger partial charge >= 0.3 is 11.9 Å². The fraction of sp³-hybridized carbons (Fsp3) is 0.429. The van der Waals surface area contributed by atoms with Crippen molar-refractivity contribution in [2.75, 3.05) is 19.7 Å². The fourth-order valence-electron chi connectivity index (χ4n) is 6.55. The lowest BCUT2D eigenvalue weighted by Crippen LogP contribution is -2.34. The first-order valence-corrected chi connectivity index (χ1v) is 15.1. The van der Waals surface area contributed by atoms with E-state index in [0.29, 0.717) is 24.5 Å². The Morgan fingerprint density at radius 2 is 1.66 bits per heavy atom. The van der Waals surface area contributed by atoms with E-state index in [9.17, 15) is 14.7 Å². The molecule has 0 bridgehead atoms. The fourth-order valence-corrected chi connectivity index (χ4v) is 6.55. The third kappa shape index (κ3) is 7.56. The minimum absolute atomic E-state index is 0.180. The molecule has 41 heavy (non-hydrogen) atoms. The zero-order valence-corrected chi connectivity index (χ0v) is 23.8. The van der Waals surface area contributed by atoms with Gasteiger partial charge < -0.3 is 14.9 Å². The first-order chi connectivity index (χ1) is 20.0. The van der Waals surface area contributed by atoms with Crippen LogP contribution in [0.5, 0.6) is 5.75 Å². The van der Waals surface area contributed by atoms with E-state index < -0.39 is 11.9 Å². The van der Waals surface area contributed by atoms with Gasteiger partial charge in [-0.05, 0) is 116 Å². The van der Waals surface area contributed by atoms with E-state index >= 15 is 0 Å².